The molecule has 8 heteroatoms. The van der Waals surface area contributed by atoms with Crippen LogP contribution in [0.25, 0.3) is 28.6 Å². The van der Waals surface area contributed by atoms with Crippen molar-refractivity contribution in [3.05, 3.63) is 82.1 Å². The Labute approximate surface area is 164 Å². The number of rotatable bonds is 5. The lowest BCUT2D eigenvalue weighted by Crippen LogP contribution is -2.07. The molecule has 0 radical (unpaired) electrons. The molecule has 0 atom stereocenters. The van der Waals surface area contributed by atoms with E-state index >= 15 is 0 Å². The number of nitrogens with one attached hydrogen (secondary N) is 1. The van der Waals surface area contributed by atoms with E-state index < -0.39 is 10.8 Å². The fourth-order valence-electron chi connectivity index (χ4n) is 2.78. The smallest absolute Gasteiger partial charge is 0.433 e. The molecule has 4 rings (SSSR count). The lowest BCUT2D eigenvalue weighted by Gasteiger charge is -2.02. The highest BCUT2D eigenvalue weighted by Crippen LogP contribution is 2.27. The van der Waals surface area contributed by atoms with Crippen LogP contribution in [0.2, 0.25) is 0 Å². The summed E-state index contributed by atoms with van der Waals surface area (Å²) in [5.74, 6) is -0.0516. The predicted molar refractivity (Wildman–Crippen MR) is 107 cm³/mol. The molecular formula is C21H15N3O5. The van der Waals surface area contributed by atoms with Crippen LogP contribution in [-0.2, 0) is 4.79 Å². The molecule has 0 bridgehead atoms. The molecule has 0 aliphatic carbocycles. The third-order valence-corrected chi connectivity index (χ3v) is 4.21. The summed E-state index contributed by atoms with van der Waals surface area (Å²) in [6.45, 7) is 1.97. The number of anilines is 1. The van der Waals surface area contributed by atoms with Crippen molar-refractivity contribution in [2.24, 2.45) is 0 Å². The standard InChI is InChI=1S/C21H15N3O5/c1-13-3-2-4-17-20(13)23-21(29-17)14-5-7-15(8-6-14)22-18(25)11-9-16-10-12-19(28-16)24(26)27/h2-12H,1H3,(H,22,25)/b11-9+. The van der Waals surface area contributed by atoms with Crippen molar-refractivity contribution in [2.45, 2.75) is 6.92 Å². The van der Waals surface area contributed by atoms with Crippen LogP contribution in [0.1, 0.15) is 11.3 Å². The third-order valence-electron chi connectivity index (χ3n) is 4.21. The van der Waals surface area contributed by atoms with Gasteiger partial charge in [-0.05, 0) is 55.0 Å². The van der Waals surface area contributed by atoms with Gasteiger partial charge >= 0.3 is 5.88 Å². The van der Waals surface area contributed by atoms with Gasteiger partial charge in [0.1, 0.15) is 16.2 Å². The molecule has 0 fully saturated rings. The Morgan fingerprint density at radius 1 is 1.10 bits per heavy atom. The number of aryl methyl sites for hydroxylation is 1. The van der Waals surface area contributed by atoms with E-state index in [1.807, 2.05) is 25.1 Å². The maximum atomic E-state index is 12.0. The van der Waals surface area contributed by atoms with Gasteiger partial charge in [-0.1, -0.05) is 12.1 Å². The number of oxazole rings is 1. The number of nitrogens with zero attached hydrogens (tertiary/aromatic N) is 2. The van der Waals surface area contributed by atoms with Gasteiger partial charge in [0.05, 0.1) is 6.07 Å². The molecule has 0 aliphatic rings. The number of nitro groups is 1. The summed E-state index contributed by atoms with van der Waals surface area (Å²) in [5, 5.41) is 13.3. The highest BCUT2D eigenvalue weighted by atomic mass is 16.6. The number of carbonyl (C=O) groups excluding carboxylic acids is 1. The third kappa shape index (κ3) is 3.91. The normalized spacial score (nSPS) is 11.2. The molecule has 2 aromatic carbocycles. The van der Waals surface area contributed by atoms with E-state index in [0.29, 0.717) is 11.6 Å². The van der Waals surface area contributed by atoms with Crippen LogP contribution in [-0.4, -0.2) is 15.8 Å². The Kier molecular flexibility index (Phi) is 4.66. The van der Waals surface area contributed by atoms with Gasteiger partial charge in [-0.3, -0.25) is 14.9 Å². The number of hydrogen-bond donors (Lipinski definition) is 1. The van der Waals surface area contributed by atoms with E-state index in [1.165, 1.54) is 24.3 Å². The first kappa shape index (κ1) is 18.2. The zero-order valence-corrected chi connectivity index (χ0v) is 15.3. The molecule has 2 heterocycles. The molecule has 4 aromatic rings. The van der Waals surface area contributed by atoms with Crippen LogP contribution in [0.15, 0.2) is 69.5 Å². The van der Waals surface area contributed by atoms with Crippen LogP contribution in [0.3, 0.4) is 0 Å². The summed E-state index contributed by atoms with van der Waals surface area (Å²) >= 11 is 0. The molecule has 1 amide bonds. The number of aromatic nitrogens is 1. The summed E-state index contributed by atoms with van der Waals surface area (Å²) in [6, 6.07) is 15.5. The Morgan fingerprint density at radius 2 is 1.90 bits per heavy atom. The average Bonchev–Trinajstić information content (AvgIpc) is 3.35. The molecule has 1 N–H and O–H groups in total. The van der Waals surface area contributed by atoms with Crippen molar-refractivity contribution >= 4 is 34.7 Å². The number of para-hydroxylation sites is 1. The SMILES string of the molecule is Cc1cccc2oc(-c3ccc(NC(=O)/C=C/c4ccc([N+](=O)[O-])o4)cc3)nc12. The van der Waals surface area contributed by atoms with Crippen LogP contribution in [0, 0.1) is 17.0 Å². The molecule has 144 valence electrons. The molecule has 29 heavy (non-hydrogen) atoms. The van der Waals surface area contributed by atoms with E-state index in [9.17, 15) is 14.9 Å². The van der Waals surface area contributed by atoms with E-state index in [1.54, 1.807) is 24.3 Å². The first-order chi connectivity index (χ1) is 14.0. The lowest BCUT2D eigenvalue weighted by molar-refractivity contribution is -0.402. The summed E-state index contributed by atoms with van der Waals surface area (Å²) in [5.41, 5.74) is 3.96. The second-order valence-corrected chi connectivity index (χ2v) is 6.27. The molecule has 8 nitrogen and oxygen atoms in total. The van der Waals surface area contributed by atoms with E-state index in [-0.39, 0.29) is 11.6 Å². The van der Waals surface area contributed by atoms with Crippen LogP contribution < -0.4 is 5.32 Å². The largest absolute Gasteiger partial charge is 0.436 e. The number of benzene rings is 2. The van der Waals surface area contributed by atoms with Crippen molar-refractivity contribution in [3.8, 4) is 11.5 Å². The Bertz CT molecular complexity index is 1230. The summed E-state index contributed by atoms with van der Waals surface area (Å²) in [6.07, 6.45) is 2.59. The van der Waals surface area contributed by atoms with Gasteiger partial charge in [0, 0.05) is 17.3 Å². The maximum Gasteiger partial charge on any atom is 0.433 e. The number of hydrogen-bond acceptors (Lipinski definition) is 6. The van der Waals surface area contributed by atoms with Crippen molar-refractivity contribution in [1.82, 2.24) is 4.98 Å². The lowest BCUT2D eigenvalue weighted by atomic mass is 10.2. The Morgan fingerprint density at radius 3 is 2.59 bits per heavy atom. The van der Waals surface area contributed by atoms with Crippen molar-refractivity contribution in [1.29, 1.82) is 0 Å². The van der Waals surface area contributed by atoms with Crippen LogP contribution >= 0.6 is 0 Å². The minimum Gasteiger partial charge on any atom is -0.436 e. The summed E-state index contributed by atoms with van der Waals surface area (Å²) in [7, 11) is 0. The fraction of sp³-hybridized carbons (Fsp3) is 0.0476. The van der Waals surface area contributed by atoms with Gasteiger partial charge in [0.2, 0.25) is 11.8 Å². The number of furan rings is 1. The second kappa shape index (κ2) is 7.43. The maximum absolute atomic E-state index is 12.0. The topological polar surface area (TPSA) is 111 Å². The number of carbonyl (C=O) groups is 1. The minimum absolute atomic E-state index is 0.216. The average molecular weight is 389 g/mol. The fourth-order valence-corrected chi connectivity index (χ4v) is 2.78. The zero-order valence-electron chi connectivity index (χ0n) is 15.3. The predicted octanol–water partition coefficient (Wildman–Crippen LogP) is 4.96. The van der Waals surface area contributed by atoms with Gasteiger partial charge in [-0.2, -0.15) is 0 Å². The van der Waals surface area contributed by atoms with Gasteiger partial charge in [0.25, 0.3) is 0 Å². The Hall–Kier alpha value is -4.20. The first-order valence-electron chi connectivity index (χ1n) is 8.69. The molecule has 0 saturated carbocycles. The van der Waals surface area contributed by atoms with Crippen molar-refractivity contribution in [2.75, 3.05) is 5.32 Å². The van der Waals surface area contributed by atoms with E-state index in [4.69, 9.17) is 8.83 Å². The monoisotopic (exact) mass is 389 g/mol. The number of amides is 1. The second-order valence-electron chi connectivity index (χ2n) is 6.27. The highest BCUT2D eigenvalue weighted by Gasteiger charge is 2.11. The number of fused-ring (bicyclic) bond motifs is 1. The molecule has 0 saturated heterocycles. The first-order valence-corrected chi connectivity index (χ1v) is 8.69. The van der Waals surface area contributed by atoms with Gasteiger partial charge < -0.3 is 14.2 Å². The quantitative estimate of drug-likeness (QED) is 0.293. The van der Waals surface area contributed by atoms with Crippen molar-refractivity contribution < 1.29 is 18.6 Å². The van der Waals surface area contributed by atoms with E-state index in [2.05, 4.69) is 10.3 Å². The van der Waals surface area contributed by atoms with Crippen molar-refractivity contribution in [3.63, 3.8) is 0 Å². The highest BCUT2D eigenvalue weighted by molar-refractivity contribution is 6.01. The summed E-state index contributed by atoms with van der Waals surface area (Å²) < 4.78 is 10.8. The van der Waals surface area contributed by atoms with Gasteiger partial charge in [-0.15, -0.1) is 0 Å². The summed E-state index contributed by atoms with van der Waals surface area (Å²) in [4.78, 5) is 26.5. The van der Waals surface area contributed by atoms with Gasteiger partial charge in [0.15, 0.2) is 5.58 Å². The molecule has 0 aliphatic heterocycles. The minimum atomic E-state index is -0.642. The molecule has 0 spiro atoms. The van der Waals surface area contributed by atoms with E-state index in [0.717, 1.165) is 22.2 Å². The molecule has 2 aromatic heterocycles. The molecular weight excluding hydrogens is 374 g/mol. The molecule has 0 unspecified atom stereocenters. The Balaban J connectivity index is 1.44. The van der Waals surface area contributed by atoms with Crippen LogP contribution in [0.5, 0.6) is 0 Å². The van der Waals surface area contributed by atoms with Gasteiger partial charge in [-0.25, -0.2) is 4.98 Å². The zero-order chi connectivity index (χ0) is 20.4. The van der Waals surface area contributed by atoms with Crippen LogP contribution in [0.4, 0.5) is 11.6 Å².